The summed E-state index contributed by atoms with van der Waals surface area (Å²) in [5.41, 5.74) is 1.75. The van der Waals surface area contributed by atoms with Gasteiger partial charge in [0.2, 0.25) is 0 Å². The van der Waals surface area contributed by atoms with Gasteiger partial charge < -0.3 is 14.7 Å². The van der Waals surface area contributed by atoms with Gasteiger partial charge in [-0.25, -0.2) is 4.79 Å². The number of carbonyl (C=O) groups excluding carboxylic acids is 1. The second kappa shape index (κ2) is 10.3. The molecule has 31 heavy (non-hydrogen) atoms. The fourth-order valence-corrected chi connectivity index (χ4v) is 3.59. The smallest absolute Gasteiger partial charge is 0.339 e. The molecule has 1 amide bonds. The molecule has 5 nitrogen and oxygen atoms in total. The summed E-state index contributed by atoms with van der Waals surface area (Å²) in [7, 11) is 0. The van der Waals surface area contributed by atoms with E-state index in [0.29, 0.717) is 11.6 Å². The molecule has 0 aliphatic heterocycles. The highest BCUT2D eigenvalue weighted by molar-refractivity contribution is 6.31. The van der Waals surface area contributed by atoms with Crippen LogP contribution in [-0.2, 0) is 11.3 Å². The summed E-state index contributed by atoms with van der Waals surface area (Å²) < 4.78 is 5.59. The zero-order valence-electron chi connectivity index (χ0n) is 16.8. The Morgan fingerprint density at radius 2 is 1.68 bits per heavy atom. The summed E-state index contributed by atoms with van der Waals surface area (Å²) in [6, 6.07) is 21.0. The van der Waals surface area contributed by atoms with E-state index in [1.54, 1.807) is 11.0 Å². The SMILES string of the molecule is C[C@@H](c1ccccc1)N(Cc1cccc(Cl)c1)C(=O)COc1ccc(Cl)cc1C(=O)O. The molecule has 0 heterocycles. The first-order valence-electron chi connectivity index (χ1n) is 9.59. The van der Waals surface area contributed by atoms with Crippen LogP contribution in [0.25, 0.3) is 0 Å². The lowest BCUT2D eigenvalue weighted by Crippen LogP contribution is -2.36. The highest BCUT2D eigenvalue weighted by Crippen LogP contribution is 2.26. The van der Waals surface area contributed by atoms with Crippen LogP contribution in [0.5, 0.6) is 5.75 Å². The standard InChI is InChI=1S/C24H21Cl2NO4/c1-16(18-7-3-2-4-8-18)27(14-17-6-5-9-19(25)12-17)23(28)15-31-22-11-10-20(26)13-21(22)24(29)30/h2-13,16H,14-15H2,1H3,(H,29,30)/t16-/m0/s1. The number of carboxylic acid groups (broad SMARTS) is 1. The third kappa shape index (κ3) is 6.00. The van der Waals surface area contributed by atoms with Gasteiger partial charge >= 0.3 is 5.97 Å². The molecule has 3 aromatic rings. The molecule has 0 spiro atoms. The van der Waals surface area contributed by atoms with Crippen molar-refractivity contribution >= 4 is 35.1 Å². The van der Waals surface area contributed by atoms with E-state index in [2.05, 4.69) is 0 Å². The van der Waals surface area contributed by atoms with Crippen LogP contribution in [0.2, 0.25) is 10.0 Å². The lowest BCUT2D eigenvalue weighted by molar-refractivity contribution is -0.136. The molecule has 1 N–H and O–H groups in total. The number of hydrogen-bond acceptors (Lipinski definition) is 3. The Bertz CT molecular complexity index is 1070. The third-order valence-electron chi connectivity index (χ3n) is 4.83. The number of aromatic carboxylic acids is 1. The monoisotopic (exact) mass is 457 g/mol. The van der Waals surface area contributed by atoms with E-state index in [9.17, 15) is 14.7 Å². The van der Waals surface area contributed by atoms with Gasteiger partial charge in [-0.1, -0.05) is 65.7 Å². The van der Waals surface area contributed by atoms with E-state index in [-0.39, 0.29) is 34.9 Å². The van der Waals surface area contributed by atoms with Crippen molar-refractivity contribution in [2.75, 3.05) is 6.61 Å². The van der Waals surface area contributed by atoms with Gasteiger partial charge in [0.1, 0.15) is 11.3 Å². The predicted molar refractivity (Wildman–Crippen MR) is 121 cm³/mol. The van der Waals surface area contributed by atoms with Crippen molar-refractivity contribution in [2.24, 2.45) is 0 Å². The zero-order chi connectivity index (χ0) is 22.4. The Hall–Kier alpha value is -3.02. The second-order valence-electron chi connectivity index (χ2n) is 6.97. The largest absolute Gasteiger partial charge is 0.483 e. The van der Waals surface area contributed by atoms with Crippen molar-refractivity contribution in [1.29, 1.82) is 0 Å². The Labute approximate surface area is 190 Å². The summed E-state index contributed by atoms with van der Waals surface area (Å²) in [6.07, 6.45) is 0. The first-order valence-corrected chi connectivity index (χ1v) is 10.3. The molecule has 0 saturated heterocycles. The Morgan fingerprint density at radius 1 is 0.968 bits per heavy atom. The number of amides is 1. The number of hydrogen-bond donors (Lipinski definition) is 1. The topological polar surface area (TPSA) is 66.8 Å². The van der Waals surface area contributed by atoms with Crippen molar-refractivity contribution in [3.8, 4) is 5.75 Å². The first-order chi connectivity index (χ1) is 14.8. The van der Waals surface area contributed by atoms with Crippen LogP contribution in [0.4, 0.5) is 0 Å². The molecule has 0 radical (unpaired) electrons. The van der Waals surface area contributed by atoms with Crippen LogP contribution in [0.15, 0.2) is 72.8 Å². The Morgan fingerprint density at radius 3 is 2.35 bits per heavy atom. The second-order valence-corrected chi connectivity index (χ2v) is 7.85. The van der Waals surface area contributed by atoms with Crippen LogP contribution >= 0.6 is 23.2 Å². The van der Waals surface area contributed by atoms with E-state index in [1.165, 1.54) is 18.2 Å². The van der Waals surface area contributed by atoms with Gasteiger partial charge in [0, 0.05) is 16.6 Å². The van der Waals surface area contributed by atoms with Gasteiger partial charge in [-0.15, -0.1) is 0 Å². The van der Waals surface area contributed by atoms with Crippen molar-refractivity contribution < 1.29 is 19.4 Å². The molecular formula is C24H21Cl2NO4. The van der Waals surface area contributed by atoms with Crippen LogP contribution in [0.3, 0.4) is 0 Å². The van der Waals surface area contributed by atoms with Gasteiger partial charge in [-0.3, -0.25) is 4.79 Å². The molecule has 0 aliphatic carbocycles. The maximum absolute atomic E-state index is 13.2. The molecule has 0 saturated carbocycles. The van der Waals surface area contributed by atoms with Crippen LogP contribution in [0.1, 0.15) is 34.5 Å². The molecular weight excluding hydrogens is 437 g/mol. The molecule has 0 bridgehead atoms. The number of benzene rings is 3. The Balaban J connectivity index is 1.83. The van der Waals surface area contributed by atoms with Gasteiger partial charge in [0.15, 0.2) is 6.61 Å². The molecule has 160 valence electrons. The molecule has 3 aromatic carbocycles. The van der Waals surface area contributed by atoms with E-state index >= 15 is 0 Å². The fraction of sp³-hybridized carbons (Fsp3) is 0.167. The van der Waals surface area contributed by atoms with Gasteiger partial charge in [-0.05, 0) is 48.4 Å². The number of carboxylic acids is 1. The molecule has 1 atom stereocenters. The summed E-state index contributed by atoms with van der Waals surface area (Å²) in [5, 5.41) is 10.2. The van der Waals surface area contributed by atoms with Gasteiger partial charge in [0.05, 0.1) is 6.04 Å². The van der Waals surface area contributed by atoms with Crippen LogP contribution in [-0.4, -0.2) is 28.5 Å². The third-order valence-corrected chi connectivity index (χ3v) is 5.31. The summed E-state index contributed by atoms with van der Waals surface area (Å²) in [5.74, 6) is -1.39. The summed E-state index contributed by atoms with van der Waals surface area (Å²) >= 11 is 12.0. The van der Waals surface area contributed by atoms with Crippen LogP contribution in [0, 0.1) is 0 Å². The van der Waals surface area contributed by atoms with Crippen molar-refractivity contribution in [1.82, 2.24) is 4.90 Å². The number of halogens is 2. The van der Waals surface area contributed by atoms with Crippen molar-refractivity contribution in [3.05, 3.63) is 99.5 Å². The quantitative estimate of drug-likeness (QED) is 0.459. The lowest BCUT2D eigenvalue weighted by atomic mass is 10.1. The van der Waals surface area contributed by atoms with E-state index in [0.717, 1.165) is 11.1 Å². The Kier molecular flexibility index (Phi) is 7.55. The van der Waals surface area contributed by atoms with Crippen molar-refractivity contribution in [3.63, 3.8) is 0 Å². The highest BCUT2D eigenvalue weighted by Gasteiger charge is 2.23. The van der Waals surface area contributed by atoms with E-state index in [1.807, 2.05) is 55.5 Å². The molecule has 7 heteroatoms. The molecule has 0 aromatic heterocycles. The summed E-state index contributed by atoms with van der Waals surface area (Å²) in [4.78, 5) is 26.3. The molecule has 0 unspecified atom stereocenters. The first kappa shape index (κ1) is 22.7. The predicted octanol–water partition coefficient (Wildman–Crippen LogP) is 5.86. The fourth-order valence-electron chi connectivity index (χ4n) is 3.20. The van der Waals surface area contributed by atoms with E-state index in [4.69, 9.17) is 27.9 Å². The molecule has 3 rings (SSSR count). The zero-order valence-corrected chi connectivity index (χ0v) is 18.3. The normalized spacial score (nSPS) is 11.6. The number of ether oxygens (including phenoxy) is 1. The van der Waals surface area contributed by atoms with E-state index < -0.39 is 5.97 Å². The number of nitrogens with zero attached hydrogens (tertiary/aromatic N) is 1. The molecule has 0 aliphatic rings. The minimum atomic E-state index is -1.18. The maximum atomic E-state index is 13.2. The number of carbonyl (C=O) groups is 2. The lowest BCUT2D eigenvalue weighted by Gasteiger charge is -2.30. The van der Waals surface area contributed by atoms with Gasteiger partial charge in [-0.2, -0.15) is 0 Å². The number of rotatable bonds is 8. The summed E-state index contributed by atoms with van der Waals surface area (Å²) in [6.45, 7) is 1.94. The minimum Gasteiger partial charge on any atom is -0.483 e. The minimum absolute atomic E-state index is 0.0836. The average molecular weight is 458 g/mol. The van der Waals surface area contributed by atoms with Crippen LogP contribution < -0.4 is 4.74 Å². The maximum Gasteiger partial charge on any atom is 0.339 e. The van der Waals surface area contributed by atoms with Crippen molar-refractivity contribution in [2.45, 2.75) is 19.5 Å². The molecule has 0 fully saturated rings. The highest BCUT2D eigenvalue weighted by atomic mass is 35.5. The average Bonchev–Trinajstić information content (AvgIpc) is 2.76. The van der Waals surface area contributed by atoms with Gasteiger partial charge in [0.25, 0.3) is 5.91 Å².